The largest absolute Gasteiger partial charge is 0.445 e. The Kier molecular flexibility index (Phi) is 5.70. The number of amides is 1. The molecule has 1 amide bonds. The first-order valence-electron chi connectivity index (χ1n) is 5.43. The van der Waals surface area contributed by atoms with E-state index in [1.807, 2.05) is 0 Å². The molecule has 0 aliphatic heterocycles. The van der Waals surface area contributed by atoms with Crippen LogP contribution in [0.5, 0.6) is 0 Å². The highest BCUT2D eigenvalue weighted by molar-refractivity contribution is 8.13. The number of benzene rings is 1. The fourth-order valence-electron chi connectivity index (χ4n) is 1.28. The average Bonchev–Trinajstić information content (AvgIpc) is 2.32. The number of carbonyl (C=O) groups excluding carboxylic acids is 1. The number of alkyl halides is 2. The van der Waals surface area contributed by atoms with E-state index in [1.165, 1.54) is 0 Å². The third kappa shape index (κ3) is 7.25. The number of hydrogen-bond donors (Lipinski definition) is 1. The van der Waals surface area contributed by atoms with E-state index in [0.717, 1.165) is 0 Å². The summed E-state index contributed by atoms with van der Waals surface area (Å²) in [6, 6.07) is 8.63. The van der Waals surface area contributed by atoms with Gasteiger partial charge in [0.05, 0.1) is 6.54 Å². The van der Waals surface area contributed by atoms with Crippen molar-refractivity contribution in [3.63, 3.8) is 0 Å². The molecule has 1 aromatic rings. The molecule has 0 saturated carbocycles. The second-order valence-corrected chi connectivity index (χ2v) is 6.73. The minimum absolute atomic E-state index is 0.0773. The molecule has 0 aliphatic carbocycles. The molecule has 0 atom stereocenters. The molecule has 1 rings (SSSR count). The molecular formula is C11H12ClF2NO4S. The van der Waals surface area contributed by atoms with Crippen molar-refractivity contribution in [1.29, 1.82) is 0 Å². The molecule has 0 aliphatic rings. The third-order valence-electron chi connectivity index (χ3n) is 2.09. The summed E-state index contributed by atoms with van der Waals surface area (Å²) in [6.07, 6.45) is -1.07. The Bertz CT molecular complexity index is 551. The predicted octanol–water partition coefficient (Wildman–Crippen LogP) is 2.12. The van der Waals surface area contributed by atoms with Gasteiger partial charge in [0.1, 0.15) is 12.4 Å². The number of hydrogen-bond acceptors (Lipinski definition) is 4. The Morgan fingerprint density at radius 3 is 2.45 bits per heavy atom. The molecule has 0 aromatic heterocycles. The van der Waals surface area contributed by atoms with Crippen molar-refractivity contribution in [2.75, 3.05) is 12.3 Å². The molecule has 9 heteroatoms. The van der Waals surface area contributed by atoms with E-state index >= 15 is 0 Å². The number of rotatable bonds is 6. The molecule has 20 heavy (non-hydrogen) atoms. The Morgan fingerprint density at radius 1 is 1.30 bits per heavy atom. The Morgan fingerprint density at radius 2 is 1.90 bits per heavy atom. The van der Waals surface area contributed by atoms with Crippen molar-refractivity contribution in [3.8, 4) is 0 Å². The van der Waals surface area contributed by atoms with Crippen molar-refractivity contribution < 1.29 is 26.7 Å². The number of carbonyl (C=O) groups is 1. The van der Waals surface area contributed by atoms with E-state index in [9.17, 15) is 22.0 Å². The van der Waals surface area contributed by atoms with Gasteiger partial charge in [0.15, 0.2) is 0 Å². The normalized spacial score (nSPS) is 11.9. The zero-order chi connectivity index (χ0) is 15.2. The predicted molar refractivity (Wildman–Crippen MR) is 69.2 cm³/mol. The van der Waals surface area contributed by atoms with Gasteiger partial charge in [0.2, 0.25) is 9.05 Å². The fraction of sp³-hybridized carbons (Fsp3) is 0.364. The van der Waals surface area contributed by atoms with Crippen LogP contribution in [-0.4, -0.2) is 32.7 Å². The molecule has 0 spiro atoms. The van der Waals surface area contributed by atoms with Crippen LogP contribution in [0, 0.1) is 0 Å². The first-order chi connectivity index (χ1) is 9.18. The molecule has 0 heterocycles. The zero-order valence-corrected chi connectivity index (χ0v) is 11.8. The van der Waals surface area contributed by atoms with Crippen LogP contribution in [0.15, 0.2) is 30.3 Å². The van der Waals surface area contributed by atoms with E-state index in [4.69, 9.17) is 10.7 Å². The Hall–Kier alpha value is -1.41. The average molecular weight is 328 g/mol. The monoisotopic (exact) mass is 327 g/mol. The summed E-state index contributed by atoms with van der Waals surface area (Å²) in [6.45, 7) is -1.25. The van der Waals surface area contributed by atoms with Gasteiger partial charge in [-0.05, 0) is 5.56 Å². The summed E-state index contributed by atoms with van der Waals surface area (Å²) in [5.41, 5.74) is 0.692. The van der Waals surface area contributed by atoms with Gasteiger partial charge in [-0.1, -0.05) is 30.3 Å². The molecule has 0 saturated heterocycles. The van der Waals surface area contributed by atoms with E-state index < -0.39 is 33.4 Å². The lowest BCUT2D eigenvalue weighted by Crippen LogP contribution is -2.40. The Balaban J connectivity index is 2.36. The van der Waals surface area contributed by atoms with Crippen LogP contribution >= 0.6 is 10.7 Å². The van der Waals surface area contributed by atoms with E-state index in [2.05, 4.69) is 4.74 Å². The second kappa shape index (κ2) is 6.85. The van der Waals surface area contributed by atoms with Gasteiger partial charge in [0, 0.05) is 10.7 Å². The quantitative estimate of drug-likeness (QED) is 0.812. The smallest absolute Gasteiger partial charge is 0.407 e. The molecule has 0 radical (unpaired) electrons. The molecular weight excluding hydrogens is 316 g/mol. The highest BCUT2D eigenvalue weighted by Gasteiger charge is 2.35. The number of ether oxygens (including phenoxy) is 1. The van der Waals surface area contributed by atoms with Crippen LogP contribution in [0.1, 0.15) is 5.56 Å². The van der Waals surface area contributed by atoms with Crippen LogP contribution in [0.25, 0.3) is 0 Å². The van der Waals surface area contributed by atoms with E-state index in [0.29, 0.717) is 5.56 Å². The van der Waals surface area contributed by atoms with Gasteiger partial charge in [-0.3, -0.25) is 0 Å². The highest BCUT2D eigenvalue weighted by atomic mass is 35.7. The number of halogens is 3. The van der Waals surface area contributed by atoms with Crippen LogP contribution in [0.3, 0.4) is 0 Å². The van der Waals surface area contributed by atoms with Gasteiger partial charge in [-0.15, -0.1) is 0 Å². The van der Waals surface area contributed by atoms with Crippen molar-refractivity contribution in [2.45, 2.75) is 12.5 Å². The molecule has 0 fully saturated rings. The topological polar surface area (TPSA) is 72.5 Å². The summed E-state index contributed by atoms with van der Waals surface area (Å²) in [4.78, 5) is 11.2. The first kappa shape index (κ1) is 16.6. The van der Waals surface area contributed by atoms with E-state index in [1.54, 1.807) is 35.6 Å². The standard InChI is InChI=1S/C11H12ClF2NO4S/c12-20(17,18)8-11(13,14)7-15-10(16)19-6-9-4-2-1-3-5-9/h1-5H,6-8H2,(H,15,16). The maximum absolute atomic E-state index is 13.1. The summed E-state index contributed by atoms with van der Waals surface area (Å²) in [7, 11) is 0.368. The van der Waals surface area contributed by atoms with Crippen LogP contribution in [-0.2, 0) is 20.4 Å². The molecule has 112 valence electrons. The summed E-state index contributed by atoms with van der Waals surface area (Å²) < 4.78 is 52.0. The van der Waals surface area contributed by atoms with Crippen LogP contribution in [0.2, 0.25) is 0 Å². The van der Waals surface area contributed by atoms with Crippen LogP contribution < -0.4 is 5.32 Å². The minimum Gasteiger partial charge on any atom is -0.445 e. The van der Waals surface area contributed by atoms with E-state index in [-0.39, 0.29) is 6.61 Å². The van der Waals surface area contributed by atoms with Crippen molar-refractivity contribution in [2.24, 2.45) is 0 Å². The molecule has 5 nitrogen and oxygen atoms in total. The Labute approximate surface area is 119 Å². The number of nitrogens with one attached hydrogen (secondary N) is 1. The van der Waals surface area contributed by atoms with Gasteiger partial charge < -0.3 is 10.1 Å². The summed E-state index contributed by atoms with van der Waals surface area (Å²) in [5.74, 6) is -5.22. The van der Waals surface area contributed by atoms with Crippen molar-refractivity contribution >= 4 is 25.8 Å². The highest BCUT2D eigenvalue weighted by Crippen LogP contribution is 2.17. The fourth-order valence-corrected chi connectivity index (χ4v) is 2.36. The molecule has 1 N–H and O–H groups in total. The van der Waals surface area contributed by atoms with Gasteiger partial charge >= 0.3 is 6.09 Å². The van der Waals surface area contributed by atoms with Crippen molar-refractivity contribution in [3.05, 3.63) is 35.9 Å². The third-order valence-corrected chi connectivity index (χ3v) is 3.18. The zero-order valence-electron chi connectivity index (χ0n) is 10.2. The lowest BCUT2D eigenvalue weighted by molar-refractivity contribution is 0.0247. The number of alkyl carbamates (subject to hydrolysis) is 1. The molecule has 0 unspecified atom stereocenters. The summed E-state index contributed by atoms with van der Waals surface area (Å²) in [5, 5.41) is 1.78. The first-order valence-corrected chi connectivity index (χ1v) is 7.90. The molecule has 0 bridgehead atoms. The van der Waals surface area contributed by atoms with Crippen LogP contribution in [0.4, 0.5) is 13.6 Å². The lowest BCUT2D eigenvalue weighted by atomic mass is 10.2. The maximum atomic E-state index is 13.1. The SMILES string of the molecule is O=C(NCC(F)(F)CS(=O)(=O)Cl)OCc1ccccc1. The van der Waals surface area contributed by atoms with Gasteiger partial charge in [-0.25, -0.2) is 22.0 Å². The lowest BCUT2D eigenvalue weighted by Gasteiger charge is -2.15. The minimum atomic E-state index is -4.35. The van der Waals surface area contributed by atoms with Gasteiger partial charge in [-0.2, -0.15) is 0 Å². The second-order valence-electron chi connectivity index (χ2n) is 3.95. The maximum Gasteiger partial charge on any atom is 0.407 e. The van der Waals surface area contributed by atoms with Gasteiger partial charge in [0.25, 0.3) is 5.92 Å². The molecule has 1 aromatic carbocycles. The summed E-state index contributed by atoms with van der Waals surface area (Å²) >= 11 is 0. The van der Waals surface area contributed by atoms with Crippen molar-refractivity contribution in [1.82, 2.24) is 5.32 Å².